The van der Waals surface area contributed by atoms with Crippen LogP contribution in [0.3, 0.4) is 0 Å². The van der Waals surface area contributed by atoms with Crippen LogP contribution in [0.1, 0.15) is 43.7 Å². The van der Waals surface area contributed by atoms with Crippen LogP contribution in [0.2, 0.25) is 0 Å². The lowest BCUT2D eigenvalue weighted by atomic mass is 10.1. The molecule has 1 aromatic rings. The maximum Gasteiger partial charge on any atom is 0.101 e. The third-order valence-electron chi connectivity index (χ3n) is 4.21. The van der Waals surface area contributed by atoms with Gasteiger partial charge in [-0.3, -0.25) is 0 Å². The van der Waals surface area contributed by atoms with Crippen molar-refractivity contribution in [2.45, 2.75) is 45.2 Å². The molecule has 3 rings (SSSR count). The minimum absolute atomic E-state index is 0.683. The molecule has 0 bridgehead atoms. The second kappa shape index (κ2) is 5.85. The SMILES string of the molecule is CCNCc1ccc(N(CC2CC2)C2CC2)c(C#N)c1. The first kappa shape index (κ1) is 13.5. The summed E-state index contributed by atoms with van der Waals surface area (Å²) in [5.41, 5.74) is 3.20. The standard InChI is InChI=1S/C17H23N3/c1-2-19-11-14-5-8-17(15(9-14)10-18)20(16-6-7-16)12-13-3-4-13/h5,8-9,13,16,19H,2-4,6-7,11-12H2,1H3. The molecule has 0 saturated heterocycles. The van der Waals surface area contributed by atoms with E-state index in [9.17, 15) is 5.26 Å². The van der Waals surface area contributed by atoms with Gasteiger partial charge in [0.1, 0.15) is 6.07 Å². The van der Waals surface area contributed by atoms with E-state index in [4.69, 9.17) is 0 Å². The van der Waals surface area contributed by atoms with E-state index in [0.29, 0.717) is 6.04 Å². The fourth-order valence-corrected chi connectivity index (χ4v) is 2.71. The molecule has 3 nitrogen and oxygen atoms in total. The Morgan fingerprint density at radius 3 is 2.70 bits per heavy atom. The van der Waals surface area contributed by atoms with Crippen LogP contribution in [-0.4, -0.2) is 19.1 Å². The zero-order chi connectivity index (χ0) is 13.9. The van der Waals surface area contributed by atoms with Gasteiger partial charge in [-0.25, -0.2) is 0 Å². The predicted molar refractivity (Wildman–Crippen MR) is 81.6 cm³/mol. The maximum absolute atomic E-state index is 9.47. The third kappa shape index (κ3) is 3.13. The van der Waals surface area contributed by atoms with E-state index in [1.165, 1.54) is 31.2 Å². The summed E-state index contributed by atoms with van der Waals surface area (Å²) in [6.07, 6.45) is 5.31. The van der Waals surface area contributed by atoms with Gasteiger partial charge in [0, 0.05) is 19.1 Å². The van der Waals surface area contributed by atoms with Crippen molar-refractivity contribution in [2.75, 3.05) is 18.0 Å². The molecule has 0 atom stereocenters. The number of hydrogen-bond acceptors (Lipinski definition) is 3. The molecule has 0 spiro atoms. The molecule has 0 radical (unpaired) electrons. The molecule has 2 aliphatic carbocycles. The smallest absolute Gasteiger partial charge is 0.101 e. The quantitative estimate of drug-likeness (QED) is 0.827. The van der Waals surface area contributed by atoms with Gasteiger partial charge in [-0.1, -0.05) is 13.0 Å². The van der Waals surface area contributed by atoms with Gasteiger partial charge < -0.3 is 10.2 Å². The number of nitriles is 1. The van der Waals surface area contributed by atoms with Crippen molar-refractivity contribution in [1.29, 1.82) is 5.26 Å². The Labute approximate surface area is 121 Å². The van der Waals surface area contributed by atoms with Gasteiger partial charge in [0.2, 0.25) is 0 Å². The van der Waals surface area contributed by atoms with Crippen molar-refractivity contribution in [3.8, 4) is 6.07 Å². The lowest BCUT2D eigenvalue weighted by Gasteiger charge is -2.26. The van der Waals surface area contributed by atoms with E-state index in [2.05, 4.69) is 41.4 Å². The lowest BCUT2D eigenvalue weighted by molar-refractivity contribution is 0.714. The van der Waals surface area contributed by atoms with E-state index < -0.39 is 0 Å². The van der Waals surface area contributed by atoms with Crippen molar-refractivity contribution in [3.05, 3.63) is 29.3 Å². The molecule has 2 aliphatic rings. The minimum Gasteiger partial charge on any atom is -0.367 e. The van der Waals surface area contributed by atoms with Crippen molar-refractivity contribution in [3.63, 3.8) is 0 Å². The van der Waals surface area contributed by atoms with E-state index >= 15 is 0 Å². The molecular formula is C17H23N3. The van der Waals surface area contributed by atoms with Gasteiger partial charge in [0.05, 0.1) is 11.3 Å². The summed E-state index contributed by atoms with van der Waals surface area (Å²) in [4.78, 5) is 2.49. The molecule has 0 aliphatic heterocycles. The van der Waals surface area contributed by atoms with Crippen molar-refractivity contribution < 1.29 is 0 Å². The number of hydrogen-bond donors (Lipinski definition) is 1. The van der Waals surface area contributed by atoms with Crippen molar-refractivity contribution in [1.82, 2.24) is 5.32 Å². The summed E-state index contributed by atoms with van der Waals surface area (Å²) in [6.45, 7) is 5.05. The van der Waals surface area contributed by atoms with Crippen LogP contribution in [0.4, 0.5) is 5.69 Å². The lowest BCUT2D eigenvalue weighted by Crippen LogP contribution is -2.28. The minimum atomic E-state index is 0.683. The van der Waals surface area contributed by atoms with Crippen LogP contribution in [0.15, 0.2) is 18.2 Å². The Bertz CT molecular complexity index is 509. The van der Waals surface area contributed by atoms with Crippen molar-refractivity contribution in [2.24, 2.45) is 5.92 Å². The summed E-state index contributed by atoms with van der Waals surface area (Å²) < 4.78 is 0. The van der Waals surface area contributed by atoms with Gasteiger partial charge in [-0.15, -0.1) is 0 Å². The fourth-order valence-electron chi connectivity index (χ4n) is 2.71. The van der Waals surface area contributed by atoms with E-state index in [1.54, 1.807) is 0 Å². The summed E-state index contributed by atoms with van der Waals surface area (Å²) in [5, 5.41) is 12.8. The second-order valence-corrected chi connectivity index (χ2v) is 6.07. The van der Waals surface area contributed by atoms with Crippen LogP contribution in [0, 0.1) is 17.2 Å². The summed E-state index contributed by atoms with van der Waals surface area (Å²) in [7, 11) is 0. The molecule has 0 unspecified atom stereocenters. The van der Waals surface area contributed by atoms with Crippen LogP contribution in [0.25, 0.3) is 0 Å². The average Bonchev–Trinajstić information content (AvgIpc) is 3.35. The summed E-state index contributed by atoms with van der Waals surface area (Å²) in [5.74, 6) is 0.864. The molecule has 1 aromatic carbocycles. The van der Waals surface area contributed by atoms with Gasteiger partial charge >= 0.3 is 0 Å². The Hall–Kier alpha value is -1.53. The van der Waals surface area contributed by atoms with Crippen LogP contribution < -0.4 is 10.2 Å². The van der Waals surface area contributed by atoms with Gasteiger partial charge in [0.15, 0.2) is 0 Å². The molecule has 3 heteroatoms. The topological polar surface area (TPSA) is 39.1 Å². The first-order valence-corrected chi connectivity index (χ1v) is 7.82. The Morgan fingerprint density at radius 2 is 2.10 bits per heavy atom. The fraction of sp³-hybridized carbons (Fsp3) is 0.588. The Morgan fingerprint density at radius 1 is 1.30 bits per heavy atom. The Balaban J connectivity index is 1.81. The molecule has 1 N–H and O–H groups in total. The number of rotatable bonds is 7. The first-order chi connectivity index (χ1) is 9.81. The molecule has 0 aromatic heterocycles. The summed E-state index contributed by atoms with van der Waals surface area (Å²) >= 11 is 0. The Kier molecular flexibility index (Phi) is 3.93. The highest BCUT2D eigenvalue weighted by Gasteiger charge is 2.34. The predicted octanol–water partition coefficient (Wildman–Crippen LogP) is 3.05. The zero-order valence-electron chi connectivity index (χ0n) is 12.2. The number of anilines is 1. The largest absolute Gasteiger partial charge is 0.367 e. The van der Waals surface area contributed by atoms with E-state index in [-0.39, 0.29) is 0 Å². The average molecular weight is 269 g/mol. The monoisotopic (exact) mass is 269 g/mol. The van der Waals surface area contributed by atoms with Gasteiger partial charge in [0.25, 0.3) is 0 Å². The van der Waals surface area contributed by atoms with E-state index in [0.717, 1.165) is 36.8 Å². The molecule has 2 fully saturated rings. The number of benzene rings is 1. The zero-order valence-corrected chi connectivity index (χ0v) is 12.2. The molecular weight excluding hydrogens is 246 g/mol. The molecule has 2 saturated carbocycles. The molecule has 20 heavy (non-hydrogen) atoms. The highest BCUT2D eigenvalue weighted by molar-refractivity contribution is 5.62. The van der Waals surface area contributed by atoms with Gasteiger partial charge in [-0.05, 0) is 55.8 Å². The highest BCUT2D eigenvalue weighted by atomic mass is 15.2. The highest BCUT2D eigenvalue weighted by Crippen LogP contribution is 2.38. The molecule has 0 amide bonds. The van der Waals surface area contributed by atoms with Crippen molar-refractivity contribution >= 4 is 5.69 Å². The summed E-state index contributed by atoms with van der Waals surface area (Å²) in [6, 6.07) is 9.46. The van der Waals surface area contributed by atoms with Crippen LogP contribution >= 0.6 is 0 Å². The molecule has 0 heterocycles. The maximum atomic E-state index is 9.47. The third-order valence-corrected chi connectivity index (χ3v) is 4.21. The normalized spacial score (nSPS) is 17.8. The number of nitrogens with zero attached hydrogens (tertiary/aromatic N) is 2. The van der Waals surface area contributed by atoms with E-state index in [1.807, 2.05) is 0 Å². The second-order valence-electron chi connectivity index (χ2n) is 6.07. The van der Waals surface area contributed by atoms with Crippen LogP contribution in [0.5, 0.6) is 0 Å². The van der Waals surface area contributed by atoms with Crippen LogP contribution in [-0.2, 0) is 6.54 Å². The number of nitrogens with one attached hydrogen (secondary N) is 1. The molecule has 106 valence electrons. The first-order valence-electron chi connectivity index (χ1n) is 7.82. The van der Waals surface area contributed by atoms with Gasteiger partial charge in [-0.2, -0.15) is 5.26 Å².